The Hall–Kier alpha value is -4.56. The van der Waals surface area contributed by atoms with Crippen LogP contribution in [0.3, 0.4) is 0 Å². The van der Waals surface area contributed by atoms with Crippen molar-refractivity contribution in [3.8, 4) is 11.4 Å². The number of carbonyl (C=O) groups excluding carboxylic acids is 1. The Bertz CT molecular complexity index is 1490. The lowest BCUT2D eigenvalue weighted by Gasteiger charge is -2.57. The summed E-state index contributed by atoms with van der Waals surface area (Å²) in [5, 5.41) is 15.4. The van der Waals surface area contributed by atoms with Gasteiger partial charge in [-0.3, -0.25) is 4.98 Å². The number of nitrogens with zero attached hydrogens (tertiary/aromatic N) is 7. The van der Waals surface area contributed by atoms with Gasteiger partial charge in [-0.15, -0.1) is 0 Å². The Morgan fingerprint density at radius 2 is 1.52 bits per heavy atom. The first kappa shape index (κ1) is 29.5. The fraction of sp³-hybridized carbons (Fsp3) is 0.467. The number of morpholine rings is 3. The second-order valence-electron chi connectivity index (χ2n) is 12.3. The lowest BCUT2D eigenvalue weighted by molar-refractivity contribution is -0.202. The van der Waals surface area contributed by atoms with Crippen molar-refractivity contribution >= 4 is 35.4 Å². The molecule has 3 aromatic rings. The highest BCUT2D eigenvalue weighted by Gasteiger charge is 2.54. The van der Waals surface area contributed by atoms with Crippen molar-refractivity contribution in [2.45, 2.75) is 32.5 Å². The summed E-state index contributed by atoms with van der Waals surface area (Å²) in [6.45, 7) is 10.1. The van der Waals surface area contributed by atoms with Gasteiger partial charge < -0.3 is 39.9 Å². The van der Waals surface area contributed by atoms with E-state index in [0.29, 0.717) is 68.5 Å². The molecule has 6 rings (SSSR count). The van der Waals surface area contributed by atoms with Crippen molar-refractivity contribution in [2.75, 3.05) is 72.9 Å². The van der Waals surface area contributed by atoms with Gasteiger partial charge in [0.2, 0.25) is 11.9 Å². The molecule has 3 amide bonds. The number of anilines is 4. The Balaban J connectivity index is 1.28. The average molecular weight is 604 g/mol. The van der Waals surface area contributed by atoms with E-state index in [1.54, 1.807) is 36.7 Å². The van der Waals surface area contributed by atoms with Crippen molar-refractivity contribution < 1.29 is 24.2 Å². The summed E-state index contributed by atoms with van der Waals surface area (Å²) in [5.41, 5.74) is 0.910. The summed E-state index contributed by atoms with van der Waals surface area (Å²) in [4.78, 5) is 48.7. The molecule has 3 aliphatic rings. The van der Waals surface area contributed by atoms with Crippen molar-refractivity contribution in [1.29, 1.82) is 0 Å². The Morgan fingerprint density at radius 3 is 2.16 bits per heavy atom. The van der Waals surface area contributed by atoms with E-state index in [9.17, 15) is 14.7 Å². The minimum absolute atomic E-state index is 0.260. The fourth-order valence-electron chi connectivity index (χ4n) is 5.72. The van der Waals surface area contributed by atoms with Gasteiger partial charge in [0, 0.05) is 49.0 Å². The predicted octanol–water partition coefficient (Wildman–Crippen LogP) is 3.40. The Kier molecular flexibility index (Phi) is 7.95. The zero-order valence-electron chi connectivity index (χ0n) is 25.1. The molecular weight excluding hydrogens is 566 g/mol. The molecule has 2 bridgehead atoms. The third-order valence-corrected chi connectivity index (χ3v) is 8.30. The van der Waals surface area contributed by atoms with Crippen LogP contribution < -0.4 is 20.4 Å². The Labute approximate surface area is 255 Å². The van der Waals surface area contributed by atoms with Crippen LogP contribution in [0.1, 0.15) is 20.8 Å². The summed E-state index contributed by atoms with van der Waals surface area (Å²) in [7, 11) is 0. The van der Waals surface area contributed by atoms with Crippen molar-refractivity contribution in [3.05, 3.63) is 48.8 Å². The lowest BCUT2D eigenvalue weighted by Crippen LogP contribution is -2.71. The molecule has 14 heteroatoms. The van der Waals surface area contributed by atoms with Crippen LogP contribution >= 0.6 is 0 Å². The highest BCUT2D eigenvalue weighted by molar-refractivity contribution is 5.99. The maximum atomic E-state index is 12.5. The highest BCUT2D eigenvalue weighted by atomic mass is 16.5. The van der Waals surface area contributed by atoms with E-state index in [1.165, 1.54) is 4.90 Å². The quantitative estimate of drug-likeness (QED) is 0.392. The molecule has 0 saturated carbocycles. The standard InChI is InChI=1S/C30H37N9O5/c1-29(2,3)30-18-38(16-23(44-30)17-39(19-30)28(41)42)26-35-24(34-25(36-26)37-12-14-43-15-13-37)20-4-6-21(7-5-20)32-27(40)33-22-8-10-31-11-9-22/h4-11,23H,12-19H2,1-3H3,(H,41,42)(H2,31,32,33,40). The summed E-state index contributed by atoms with van der Waals surface area (Å²) >= 11 is 0. The second kappa shape index (κ2) is 11.8. The largest absolute Gasteiger partial charge is 0.465 e. The number of hydrogen-bond donors (Lipinski definition) is 3. The predicted molar refractivity (Wildman–Crippen MR) is 164 cm³/mol. The number of ether oxygens (including phenoxy) is 2. The molecule has 2 unspecified atom stereocenters. The summed E-state index contributed by atoms with van der Waals surface area (Å²) in [6, 6.07) is 10.4. The highest BCUT2D eigenvalue weighted by Crippen LogP contribution is 2.42. The monoisotopic (exact) mass is 603 g/mol. The third-order valence-electron chi connectivity index (χ3n) is 8.30. The zero-order valence-corrected chi connectivity index (χ0v) is 25.1. The topological polar surface area (TPSA) is 158 Å². The van der Waals surface area contributed by atoms with Gasteiger partial charge in [-0.25, -0.2) is 9.59 Å². The number of nitrogens with one attached hydrogen (secondary N) is 2. The lowest BCUT2D eigenvalue weighted by atomic mass is 9.73. The number of carboxylic acid groups (broad SMARTS) is 1. The number of amides is 3. The van der Waals surface area contributed by atoms with E-state index in [1.807, 2.05) is 12.1 Å². The summed E-state index contributed by atoms with van der Waals surface area (Å²) < 4.78 is 12.1. The molecule has 2 atom stereocenters. The van der Waals surface area contributed by atoms with Crippen LogP contribution in [-0.4, -0.2) is 106 Å². The smallest absolute Gasteiger partial charge is 0.407 e. The van der Waals surface area contributed by atoms with E-state index in [0.717, 1.165) is 5.56 Å². The molecule has 3 fully saturated rings. The minimum atomic E-state index is -0.940. The van der Waals surface area contributed by atoms with Crippen LogP contribution in [0, 0.1) is 5.41 Å². The van der Waals surface area contributed by atoms with E-state index in [4.69, 9.17) is 24.4 Å². The van der Waals surface area contributed by atoms with E-state index in [2.05, 4.69) is 46.2 Å². The van der Waals surface area contributed by atoms with Gasteiger partial charge in [0.05, 0.1) is 39.0 Å². The first-order chi connectivity index (χ1) is 21.1. The van der Waals surface area contributed by atoms with Gasteiger partial charge in [-0.05, 0) is 41.8 Å². The number of carbonyl (C=O) groups is 2. The van der Waals surface area contributed by atoms with Gasteiger partial charge in [-0.2, -0.15) is 15.0 Å². The molecule has 3 N–H and O–H groups in total. The molecule has 0 spiro atoms. The van der Waals surface area contributed by atoms with Gasteiger partial charge in [0.15, 0.2) is 5.82 Å². The molecular formula is C30H37N9O5. The molecule has 1 aromatic carbocycles. The Morgan fingerprint density at radius 1 is 0.886 bits per heavy atom. The van der Waals surface area contributed by atoms with E-state index < -0.39 is 11.7 Å². The zero-order chi connectivity index (χ0) is 30.9. The van der Waals surface area contributed by atoms with Crippen LogP contribution in [0.15, 0.2) is 48.8 Å². The van der Waals surface area contributed by atoms with Gasteiger partial charge in [0.1, 0.15) is 5.60 Å². The third kappa shape index (κ3) is 6.21. The van der Waals surface area contributed by atoms with E-state index in [-0.39, 0.29) is 30.6 Å². The molecule has 3 aliphatic heterocycles. The minimum Gasteiger partial charge on any atom is -0.465 e. The first-order valence-corrected chi connectivity index (χ1v) is 14.7. The van der Waals surface area contributed by atoms with E-state index >= 15 is 0 Å². The van der Waals surface area contributed by atoms with Crippen LogP contribution in [0.5, 0.6) is 0 Å². The van der Waals surface area contributed by atoms with Crippen molar-refractivity contribution in [3.63, 3.8) is 0 Å². The maximum Gasteiger partial charge on any atom is 0.407 e. The normalized spacial score (nSPS) is 22.0. The van der Waals surface area contributed by atoms with Crippen LogP contribution in [-0.2, 0) is 9.47 Å². The van der Waals surface area contributed by atoms with Crippen LogP contribution in [0.2, 0.25) is 0 Å². The molecule has 44 heavy (non-hydrogen) atoms. The molecule has 3 saturated heterocycles. The number of rotatable bonds is 5. The number of hydrogen-bond acceptors (Lipinski definition) is 10. The van der Waals surface area contributed by atoms with Crippen LogP contribution in [0.25, 0.3) is 11.4 Å². The molecule has 2 aromatic heterocycles. The van der Waals surface area contributed by atoms with Crippen molar-refractivity contribution in [2.24, 2.45) is 5.41 Å². The molecule has 5 heterocycles. The SMILES string of the molecule is CC(C)(C)C12CN(C(=O)O)CC(CN(c3nc(-c4ccc(NC(=O)Nc5ccncc5)cc4)nc(N4CCOCC4)n3)C1)O2. The number of aromatic nitrogens is 4. The van der Waals surface area contributed by atoms with Gasteiger partial charge in [0.25, 0.3) is 0 Å². The average Bonchev–Trinajstić information content (AvgIpc) is 3.01. The van der Waals surface area contributed by atoms with Crippen LogP contribution in [0.4, 0.5) is 32.9 Å². The number of fused-ring (bicyclic) bond motifs is 2. The molecule has 14 nitrogen and oxygen atoms in total. The summed E-state index contributed by atoms with van der Waals surface area (Å²) in [5.74, 6) is 1.57. The molecule has 232 valence electrons. The molecule has 0 radical (unpaired) electrons. The van der Waals surface area contributed by atoms with Gasteiger partial charge in [-0.1, -0.05) is 20.8 Å². The number of benzene rings is 1. The van der Waals surface area contributed by atoms with Crippen molar-refractivity contribution in [1.82, 2.24) is 24.8 Å². The number of pyridine rings is 1. The van der Waals surface area contributed by atoms with Gasteiger partial charge >= 0.3 is 12.1 Å². The maximum absolute atomic E-state index is 12.5. The summed E-state index contributed by atoms with van der Waals surface area (Å²) in [6.07, 6.45) is 1.94. The fourth-order valence-corrected chi connectivity index (χ4v) is 5.72. The first-order valence-electron chi connectivity index (χ1n) is 14.7. The second-order valence-corrected chi connectivity index (χ2v) is 12.3. The number of urea groups is 1. The molecule has 0 aliphatic carbocycles.